The lowest BCUT2D eigenvalue weighted by Crippen LogP contribution is -2.40. The molecule has 20 heavy (non-hydrogen) atoms. The fraction of sp³-hybridized carbons (Fsp3) is 0.462. The van der Waals surface area contributed by atoms with Gasteiger partial charge in [0.25, 0.3) is 0 Å². The number of amides is 1. The van der Waals surface area contributed by atoms with Gasteiger partial charge in [0.2, 0.25) is 5.91 Å². The molecular weight excluding hydrogens is 274 g/mol. The number of aryl methyl sites for hydroxylation is 3. The van der Waals surface area contributed by atoms with Crippen molar-refractivity contribution in [3.63, 3.8) is 0 Å². The van der Waals surface area contributed by atoms with Gasteiger partial charge in [-0.25, -0.2) is 4.98 Å². The first-order chi connectivity index (χ1) is 9.38. The molecule has 2 heterocycles. The van der Waals surface area contributed by atoms with Crippen molar-refractivity contribution < 1.29 is 4.79 Å². The highest BCUT2D eigenvalue weighted by atomic mass is 32.1. The van der Waals surface area contributed by atoms with Gasteiger partial charge in [-0.2, -0.15) is 5.10 Å². The number of anilines is 2. The second-order valence-corrected chi connectivity index (χ2v) is 5.99. The molecule has 108 valence electrons. The molecule has 0 radical (unpaired) electrons. The van der Waals surface area contributed by atoms with Gasteiger partial charge in [0.05, 0.1) is 5.69 Å². The summed E-state index contributed by atoms with van der Waals surface area (Å²) in [7, 11) is 3.70. The Morgan fingerprint density at radius 3 is 2.70 bits per heavy atom. The van der Waals surface area contributed by atoms with Gasteiger partial charge in [-0.05, 0) is 20.8 Å². The maximum absolute atomic E-state index is 12.2. The van der Waals surface area contributed by atoms with Crippen molar-refractivity contribution in [2.45, 2.75) is 26.8 Å². The number of hydrogen-bond donors (Lipinski definition) is 1. The summed E-state index contributed by atoms with van der Waals surface area (Å²) in [5.74, 6) is 0.675. The lowest BCUT2D eigenvalue weighted by Gasteiger charge is -2.23. The first-order valence-corrected chi connectivity index (χ1v) is 7.17. The fourth-order valence-corrected chi connectivity index (χ4v) is 2.52. The van der Waals surface area contributed by atoms with Crippen molar-refractivity contribution in [2.24, 2.45) is 7.05 Å². The van der Waals surface area contributed by atoms with Gasteiger partial charge in [-0.15, -0.1) is 11.3 Å². The SMILES string of the molecule is Cc1nc(NC(=O)[C@H](C)N(C)c2ccn(C)n2)sc1C. The van der Waals surface area contributed by atoms with Crippen molar-refractivity contribution in [1.82, 2.24) is 14.8 Å². The van der Waals surface area contributed by atoms with Gasteiger partial charge in [0.1, 0.15) is 6.04 Å². The van der Waals surface area contributed by atoms with Crippen LogP contribution in [0, 0.1) is 13.8 Å². The van der Waals surface area contributed by atoms with Crippen molar-refractivity contribution in [3.05, 3.63) is 22.8 Å². The van der Waals surface area contributed by atoms with Crippen LogP contribution in [0.2, 0.25) is 0 Å². The second-order valence-electron chi connectivity index (χ2n) is 4.78. The number of rotatable bonds is 4. The normalized spacial score (nSPS) is 12.2. The zero-order valence-corrected chi connectivity index (χ0v) is 13.2. The number of aromatic nitrogens is 3. The summed E-state index contributed by atoms with van der Waals surface area (Å²) in [5, 5.41) is 7.79. The van der Waals surface area contributed by atoms with E-state index in [4.69, 9.17) is 0 Å². The lowest BCUT2D eigenvalue weighted by atomic mass is 10.3. The molecule has 0 aliphatic rings. The van der Waals surface area contributed by atoms with Crippen LogP contribution in [-0.4, -0.2) is 33.8 Å². The van der Waals surface area contributed by atoms with Gasteiger partial charge in [-0.1, -0.05) is 0 Å². The van der Waals surface area contributed by atoms with Crippen molar-refractivity contribution >= 4 is 28.2 Å². The van der Waals surface area contributed by atoms with Gasteiger partial charge in [0, 0.05) is 31.2 Å². The highest BCUT2D eigenvalue weighted by Crippen LogP contribution is 2.21. The highest BCUT2D eigenvalue weighted by Gasteiger charge is 2.21. The van der Waals surface area contributed by atoms with Gasteiger partial charge in [-0.3, -0.25) is 9.48 Å². The molecule has 2 aromatic heterocycles. The third-order valence-electron chi connectivity index (χ3n) is 3.28. The Balaban J connectivity index is 2.04. The van der Waals surface area contributed by atoms with Crippen LogP contribution in [0.4, 0.5) is 10.9 Å². The second kappa shape index (κ2) is 5.62. The first-order valence-electron chi connectivity index (χ1n) is 6.36. The molecule has 0 aromatic carbocycles. The molecule has 0 unspecified atom stereocenters. The van der Waals surface area contributed by atoms with Gasteiger partial charge in [0.15, 0.2) is 10.9 Å². The number of nitrogens with one attached hydrogen (secondary N) is 1. The lowest BCUT2D eigenvalue weighted by molar-refractivity contribution is -0.117. The van der Waals surface area contributed by atoms with E-state index in [2.05, 4.69) is 15.4 Å². The minimum atomic E-state index is -0.325. The van der Waals surface area contributed by atoms with E-state index >= 15 is 0 Å². The number of nitrogens with zero attached hydrogens (tertiary/aromatic N) is 4. The molecule has 2 rings (SSSR count). The molecule has 0 bridgehead atoms. The number of likely N-dealkylation sites (N-methyl/N-ethyl adjacent to an activating group) is 1. The molecule has 1 amide bonds. The number of carbonyl (C=O) groups is 1. The van der Waals surface area contributed by atoms with E-state index < -0.39 is 0 Å². The van der Waals surface area contributed by atoms with Crippen molar-refractivity contribution in [1.29, 1.82) is 0 Å². The minimum Gasteiger partial charge on any atom is -0.346 e. The molecule has 0 aliphatic carbocycles. The van der Waals surface area contributed by atoms with Gasteiger partial charge >= 0.3 is 0 Å². The number of hydrogen-bond acceptors (Lipinski definition) is 5. The molecule has 0 aliphatic heterocycles. The van der Waals surface area contributed by atoms with Crippen LogP contribution in [0.15, 0.2) is 12.3 Å². The molecule has 0 saturated heterocycles. The zero-order valence-electron chi connectivity index (χ0n) is 12.3. The third-order valence-corrected chi connectivity index (χ3v) is 4.27. The summed E-state index contributed by atoms with van der Waals surface area (Å²) < 4.78 is 1.71. The topological polar surface area (TPSA) is 63.1 Å². The molecule has 1 atom stereocenters. The minimum absolute atomic E-state index is 0.0908. The molecule has 1 N–H and O–H groups in total. The van der Waals surface area contributed by atoms with E-state index in [-0.39, 0.29) is 11.9 Å². The van der Waals surface area contributed by atoms with Crippen LogP contribution in [-0.2, 0) is 11.8 Å². The Kier molecular flexibility index (Phi) is 4.08. The average Bonchev–Trinajstić information content (AvgIpc) is 2.95. The smallest absolute Gasteiger partial charge is 0.248 e. The van der Waals surface area contributed by atoms with Crippen LogP contribution in [0.1, 0.15) is 17.5 Å². The van der Waals surface area contributed by atoms with Crippen LogP contribution in [0.3, 0.4) is 0 Å². The third kappa shape index (κ3) is 2.98. The molecule has 0 fully saturated rings. The monoisotopic (exact) mass is 293 g/mol. The molecule has 0 spiro atoms. The summed E-state index contributed by atoms with van der Waals surface area (Å²) >= 11 is 1.49. The zero-order chi connectivity index (χ0) is 14.9. The van der Waals surface area contributed by atoms with E-state index in [0.29, 0.717) is 5.13 Å². The fourth-order valence-electron chi connectivity index (χ4n) is 1.70. The van der Waals surface area contributed by atoms with Crippen molar-refractivity contribution in [2.75, 3.05) is 17.3 Å². The van der Waals surface area contributed by atoms with Crippen molar-refractivity contribution in [3.8, 4) is 0 Å². The van der Waals surface area contributed by atoms with Crippen LogP contribution < -0.4 is 10.2 Å². The first kappa shape index (κ1) is 14.5. The Hall–Kier alpha value is -1.89. The van der Waals surface area contributed by atoms with E-state index in [1.165, 1.54) is 11.3 Å². The van der Waals surface area contributed by atoms with E-state index in [0.717, 1.165) is 16.4 Å². The largest absolute Gasteiger partial charge is 0.346 e. The number of thiazole rings is 1. The van der Waals surface area contributed by atoms with Crippen LogP contribution in [0.25, 0.3) is 0 Å². The maximum atomic E-state index is 12.2. The predicted molar refractivity (Wildman–Crippen MR) is 81.3 cm³/mol. The summed E-state index contributed by atoms with van der Waals surface area (Å²) in [4.78, 5) is 19.5. The van der Waals surface area contributed by atoms with Crippen LogP contribution in [0.5, 0.6) is 0 Å². The highest BCUT2D eigenvalue weighted by molar-refractivity contribution is 7.15. The van der Waals surface area contributed by atoms with E-state index in [9.17, 15) is 4.79 Å². The molecule has 6 nitrogen and oxygen atoms in total. The summed E-state index contributed by atoms with van der Waals surface area (Å²) in [5.41, 5.74) is 0.955. The Morgan fingerprint density at radius 1 is 1.50 bits per heavy atom. The Labute approximate surface area is 122 Å². The molecule has 0 saturated carbocycles. The summed E-state index contributed by atoms with van der Waals surface area (Å²) in [6, 6.07) is 1.55. The van der Waals surface area contributed by atoms with E-state index in [1.807, 2.05) is 52.0 Å². The maximum Gasteiger partial charge on any atom is 0.248 e. The molecule has 2 aromatic rings. The average molecular weight is 293 g/mol. The Bertz CT molecular complexity index is 599. The predicted octanol–water partition coefficient (Wildman–Crippen LogP) is 1.96. The number of carbonyl (C=O) groups excluding carboxylic acids is 1. The standard InChI is InChI=1S/C13H19N5OS/c1-8-10(3)20-13(14-8)15-12(19)9(2)18(5)11-6-7-17(4)16-11/h6-7,9H,1-5H3,(H,14,15,19)/t9-/m0/s1. The van der Waals surface area contributed by atoms with E-state index in [1.54, 1.807) is 4.68 Å². The van der Waals surface area contributed by atoms with Crippen LogP contribution >= 0.6 is 11.3 Å². The van der Waals surface area contributed by atoms with Gasteiger partial charge < -0.3 is 10.2 Å². The molecule has 7 heteroatoms. The quantitative estimate of drug-likeness (QED) is 0.936. The summed E-state index contributed by atoms with van der Waals surface area (Å²) in [6.45, 7) is 5.77. The summed E-state index contributed by atoms with van der Waals surface area (Å²) in [6.07, 6.45) is 1.85. The molecular formula is C13H19N5OS. The Morgan fingerprint density at radius 2 is 2.20 bits per heavy atom.